The molecule has 2 aliphatic rings. The van der Waals surface area contributed by atoms with Crippen LogP contribution >= 0.6 is 0 Å². The zero-order valence-electron chi connectivity index (χ0n) is 17.1. The van der Waals surface area contributed by atoms with Gasteiger partial charge in [-0.25, -0.2) is 9.78 Å². The third kappa shape index (κ3) is 3.53. The lowest BCUT2D eigenvalue weighted by molar-refractivity contribution is 0.250. The average Bonchev–Trinajstić information content (AvgIpc) is 3.34. The fraction of sp³-hybridized carbons (Fsp3) is 0.120. The molecule has 1 heterocycles. The van der Waals surface area contributed by atoms with E-state index in [1.54, 1.807) is 25.7 Å². The summed E-state index contributed by atoms with van der Waals surface area (Å²) < 4.78 is 7.37. The van der Waals surface area contributed by atoms with Crippen LogP contribution in [0.15, 0.2) is 91.1 Å². The Bertz CT molecular complexity index is 1230. The maximum atomic E-state index is 12.9. The molecule has 3 aromatic rings. The van der Waals surface area contributed by atoms with Crippen LogP contribution in [-0.4, -0.2) is 22.7 Å². The summed E-state index contributed by atoms with van der Waals surface area (Å²) in [6.07, 6.45) is 14.4. The van der Waals surface area contributed by atoms with Crippen molar-refractivity contribution in [2.75, 3.05) is 12.4 Å². The minimum Gasteiger partial charge on any atom is -0.494 e. The summed E-state index contributed by atoms with van der Waals surface area (Å²) >= 11 is 0. The van der Waals surface area contributed by atoms with Gasteiger partial charge in [-0.05, 0) is 40.8 Å². The number of aromatic nitrogens is 2. The molecule has 1 atom stereocenters. The smallest absolute Gasteiger partial charge is 0.319 e. The van der Waals surface area contributed by atoms with E-state index in [0.717, 1.165) is 17.7 Å². The highest BCUT2D eigenvalue weighted by Crippen LogP contribution is 2.43. The van der Waals surface area contributed by atoms with Gasteiger partial charge in [0.25, 0.3) is 0 Å². The molecule has 1 aromatic heterocycles. The summed E-state index contributed by atoms with van der Waals surface area (Å²) in [5.41, 5.74) is 6.19. The lowest BCUT2D eigenvalue weighted by Gasteiger charge is -2.19. The van der Waals surface area contributed by atoms with Crippen molar-refractivity contribution in [2.45, 2.75) is 12.5 Å². The quantitative estimate of drug-likeness (QED) is 0.591. The van der Waals surface area contributed by atoms with Crippen LogP contribution in [0.25, 0.3) is 11.3 Å². The minimum atomic E-state index is -0.261. The minimum absolute atomic E-state index is 0. The topological polar surface area (TPSA) is 68.2 Å². The molecule has 6 heteroatoms. The number of allylic oxidation sites excluding steroid dienone is 5. The van der Waals surface area contributed by atoms with E-state index in [1.807, 2.05) is 41.1 Å². The lowest BCUT2D eigenvalue weighted by Crippen LogP contribution is -2.32. The number of carbonyl (C=O) groups is 1. The number of nitrogens with zero attached hydrogens (tertiary/aromatic N) is 2. The Balaban J connectivity index is 0.00000153. The number of amides is 2. The van der Waals surface area contributed by atoms with E-state index < -0.39 is 0 Å². The molecular weight excluding hydrogens is 388 g/mol. The van der Waals surface area contributed by atoms with Gasteiger partial charge in [0.05, 0.1) is 25.2 Å². The van der Waals surface area contributed by atoms with E-state index in [9.17, 15) is 4.79 Å². The highest BCUT2D eigenvalue weighted by atomic mass is 16.5. The molecule has 0 spiro atoms. The number of hydrogen-bond donors (Lipinski definition) is 2. The zero-order valence-corrected chi connectivity index (χ0v) is 17.1. The Hall–Kier alpha value is -4.06. The molecule has 0 aliphatic heterocycles. The van der Waals surface area contributed by atoms with Crippen LogP contribution in [0.1, 0.15) is 26.4 Å². The van der Waals surface area contributed by atoms with Gasteiger partial charge in [0.1, 0.15) is 5.75 Å². The molecule has 0 fully saturated rings. The van der Waals surface area contributed by atoms with Gasteiger partial charge in [0, 0.05) is 27.0 Å². The maximum Gasteiger partial charge on any atom is 0.319 e. The Kier molecular flexibility index (Phi) is 4.88. The molecule has 0 bridgehead atoms. The van der Waals surface area contributed by atoms with Crippen LogP contribution in [0.5, 0.6) is 5.75 Å². The SMILES string of the molecule is COc1cc(NC(=O)NC2C3=C(C=CC=CC3)c3ccccc32)ccc1-n1ccnc1.[HH].[HH]. The zero-order chi connectivity index (χ0) is 21.2. The van der Waals surface area contributed by atoms with Crippen LogP contribution < -0.4 is 15.4 Å². The molecule has 2 N–H and O–H groups in total. The standard InChI is InChI=1S/C25H22N4O2.2H2/c1-31-23-15-17(11-12-22(23)29-14-13-26-16-29)27-25(30)28-24-20-9-4-2-3-7-18(20)19-8-5-6-10-21(19)24;;/h2-8,10-16,24H,9H2,1H3,(H2,27,28,30);2*1H. The number of carbonyl (C=O) groups excluding carboxylic acids is 1. The van der Waals surface area contributed by atoms with Crippen LogP contribution in [0.3, 0.4) is 0 Å². The molecule has 2 amide bonds. The molecule has 1 unspecified atom stereocenters. The molecule has 158 valence electrons. The number of imidazole rings is 1. The van der Waals surface area contributed by atoms with Crippen molar-refractivity contribution in [3.8, 4) is 11.4 Å². The highest BCUT2D eigenvalue weighted by Gasteiger charge is 2.30. The first-order chi connectivity index (χ1) is 15.2. The lowest BCUT2D eigenvalue weighted by atomic mass is 10.0. The van der Waals surface area contributed by atoms with Crippen LogP contribution in [0.4, 0.5) is 10.5 Å². The number of rotatable bonds is 4. The van der Waals surface area contributed by atoms with Crippen LogP contribution in [0.2, 0.25) is 0 Å². The van der Waals surface area contributed by atoms with Gasteiger partial charge >= 0.3 is 6.03 Å². The van der Waals surface area contributed by atoms with Crippen molar-refractivity contribution in [1.82, 2.24) is 14.9 Å². The second-order valence-corrected chi connectivity index (χ2v) is 7.41. The van der Waals surface area contributed by atoms with Gasteiger partial charge in [-0.1, -0.05) is 48.6 Å². The van der Waals surface area contributed by atoms with Crippen LogP contribution in [0, 0.1) is 0 Å². The summed E-state index contributed by atoms with van der Waals surface area (Å²) in [6.45, 7) is 0. The Morgan fingerprint density at radius 2 is 2.13 bits per heavy atom. The summed E-state index contributed by atoms with van der Waals surface area (Å²) in [6, 6.07) is 13.4. The largest absolute Gasteiger partial charge is 0.494 e. The van der Waals surface area contributed by atoms with Crippen molar-refractivity contribution in [2.24, 2.45) is 0 Å². The second-order valence-electron chi connectivity index (χ2n) is 7.41. The molecule has 31 heavy (non-hydrogen) atoms. The molecule has 2 aromatic carbocycles. The number of methoxy groups -OCH3 is 1. The van der Waals surface area contributed by atoms with Gasteiger partial charge in [0.2, 0.25) is 0 Å². The Morgan fingerprint density at radius 3 is 2.97 bits per heavy atom. The van der Waals surface area contributed by atoms with Gasteiger partial charge in [-0.15, -0.1) is 0 Å². The van der Waals surface area contributed by atoms with Crippen LogP contribution in [-0.2, 0) is 0 Å². The number of anilines is 1. The molecule has 6 nitrogen and oxygen atoms in total. The first-order valence-corrected chi connectivity index (χ1v) is 10.1. The van der Waals surface area contributed by atoms with Crippen molar-refractivity contribution in [1.29, 1.82) is 0 Å². The predicted octanol–water partition coefficient (Wildman–Crippen LogP) is 5.52. The van der Waals surface area contributed by atoms with E-state index in [0.29, 0.717) is 11.4 Å². The van der Waals surface area contributed by atoms with E-state index in [1.165, 1.54) is 16.7 Å². The van der Waals surface area contributed by atoms with E-state index in [2.05, 4.69) is 46.0 Å². The van der Waals surface area contributed by atoms with Crippen molar-refractivity contribution in [3.63, 3.8) is 0 Å². The first-order valence-electron chi connectivity index (χ1n) is 10.1. The van der Waals surface area contributed by atoms with Gasteiger partial charge in [0.15, 0.2) is 0 Å². The van der Waals surface area contributed by atoms with Gasteiger partial charge in [-0.3, -0.25) is 0 Å². The molecular formula is C25H26N4O2. The van der Waals surface area contributed by atoms with Crippen molar-refractivity contribution >= 4 is 17.3 Å². The first kappa shape index (κ1) is 18.9. The van der Waals surface area contributed by atoms with Crippen molar-refractivity contribution < 1.29 is 12.4 Å². The summed E-state index contributed by atoms with van der Waals surface area (Å²) in [5, 5.41) is 6.10. The monoisotopic (exact) mass is 414 g/mol. The second kappa shape index (κ2) is 7.99. The number of nitrogens with one attached hydrogen (secondary N) is 2. The van der Waals surface area contributed by atoms with E-state index in [-0.39, 0.29) is 14.9 Å². The number of urea groups is 1. The average molecular weight is 415 g/mol. The number of ether oxygens (including phenoxy) is 1. The van der Waals surface area contributed by atoms with Gasteiger partial charge < -0.3 is 19.9 Å². The Labute approximate surface area is 183 Å². The third-order valence-corrected chi connectivity index (χ3v) is 5.60. The van der Waals surface area contributed by atoms with E-state index in [4.69, 9.17) is 4.74 Å². The molecule has 2 aliphatic carbocycles. The third-order valence-electron chi connectivity index (χ3n) is 5.60. The van der Waals surface area contributed by atoms with E-state index >= 15 is 0 Å². The van der Waals surface area contributed by atoms with Crippen molar-refractivity contribution in [3.05, 3.63) is 102 Å². The number of hydrogen-bond acceptors (Lipinski definition) is 3. The summed E-state index contributed by atoms with van der Waals surface area (Å²) in [7, 11) is 1.61. The fourth-order valence-corrected chi connectivity index (χ4v) is 4.19. The normalized spacial score (nSPS) is 16.5. The molecule has 5 rings (SSSR count). The highest BCUT2D eigenvalue weighted by molar-refractivity contribution is 5.92. The Morgan fingerprint density at radius 1 is 1.23 bits per heavy atom. The summed E-state index contributed by atoms with van der Waals surface area (Å²) in [4.78, 5) is 17.0. The predicted molar refractivity (Wildman–Crippen MR) is 125 cm³/mol. The maximum absolute atomic E-state index is 12.9. The fourth-order valence-electron chi connectivity index (χ4n) is 4.19. The number of benzene rings is 2. The number of fused-ring (bicyclic) bond motifs is 2. The van der Waals surface area contributed by atoms with Gasteiger partial charge in [-0.2, -0.15) is 0 Å². The summed E-state index contributed by atoms with van der Waals surface area (Å²) in [5.74, 6) is 0.644. The molecule has 0 radical (unpaired) electrons. The molecule has 0 saturated carbocycles. The molecule has 0 saturated heterocycles.